The standard InChI is InChI=1S/C18H19BClN5O7S2/c1-7(26)18(3,4)32-23-10(13-21-8(2)33-24-13)14(27)22-11-15(28)25-12(17(29)31-19)9(5-20)6-34(30)16(11)25/h11,16H,5-6H2,1-4H3,(H,22,27)/b23-10-/t11-,16-,34?/m1/s1. The Labute approximate surface area is 207 Å². The van der Waals surface area contributed by atoms with Gasteiger partial charge in [-0.05, 0) is 44.8 Å². The van der Waals surface area contributed by atoms with Gasteiger partial charge in [0.15, 0.2) is 11.4 Å². The number of ketones is 1. The molecular weight excluding hydrogens is 509 g/mol. The summed E-state index contributed by atoms with van der Waals surface area (Å²) in [6.45, 7) is 5.89. The molecule has 0 spiro atoms. The summed E-state index contributed by atoms with van der Waals surface area (Å²) in [6.07, 6.45) is 0. The first-order valence-electron chi connectivity index (χ1n) is 9.71. The molecule has 34 heavy (non-hydrogen) atoms. The van der Waals surface area contributed by atoms with Crippen molar-refractivity contribution >= 4 is 71.3 Å². The van der Waals surface area contributed by atoms with Crippen molar-refractivity contribution in [3.05, 3.63) is 22.1 Å². The Morgan fingerprint density at radius 1 is 1.41 bits per heavy atom. The van der Waals surface area contributed by atoms with Crippen molar-refractivity contribution in [1.82, 2.24) is 19.6 Å². The minimum absolute atomic E-state index is 0.0792. The van der Waals surface area contributed by atoms with Gasteiger partial charge in [-0.15, -0.1) is 11.6 Å². The number of nitrogens with one attached hydrogen (secondary N) is 1. The predicted octanol–water partition coefficient (Wildman–Crippen LogP) is -0.530. The Hall–Kier alpha value is -2.65. The number of amides is 2. The van der Waals surface area contributed by atoms with Gasteiger partial charge in [-0.2, -0.15) is 4.37 Å². The van der Waals surface area contributed by atoms with Crippen LogP contribution in [0, 0.1) is 6.92 Å². The SMILES string of the molecule is [B]OC(=O)C1=C(CCl)CS(=O)[C@@H]2[C@H](NC(=O)/C(=N\OC(C)(C)C(C)=O)c3nsc(C)n3)C(=O)N12. The Kier molecular flexibility index (Phi) is 7.58. The number of β-lactam (4-membered cyclic amide) rings is 1. The summed E-state index contributed by atoms with van der Waals surface area (Å²) in [4.78, 5) is 60.1. The number of hydrogen-bond acceptors (Lipinski definition) is 11. The first-order chi connectivity index (χ1) is 15.9. The van der Waals surface area contributed by atoms with Crippen LogP contribution in [-0.2, 0) is 39.5 Å². The highest BCUT2D eigenvalue weighted by molar-refractivity contribution is 7.86. The summed E-state index contributed by atoms with van der Waals surface area (Å²) in [5.41, 5.74) is -1.70. The Balaban J connectivity index is 1.89. The van der Waals surface area contributed by atoms with Crippen molar-refractivity contribution in [2.45, 2.75) is 44.7 Å². The lowest BCUT2D eigenvalue weighted by atomic mass is 10.0. The monoisotopic (exact) mass is 527 g/mol. The number of alkyl halides is 1. The Morgan fingerprint density at radius 2 is 2.09 bits per heavy atom. The van der Waals surface area contributed by atoms with Gasteiger partial charge in [0.1, 0.15) is 22.1 Å². The molecule has 0 aliphatic carbocycles. The molecule has 1 unspecified atom stereocenters. The zero-order chi connectivity index (χ0) is 25.4. The molecule has 3 heterocycles. The van der Waals surface area contributed by atoms with Gasteiger partial charge in [0.05, 0.1) is 16.6 Å². The number of oxime groups is 1. The van der Waals surface area contributed by atoms with E-state index >= 15 is 0 Å². The van der Waals surface area contributed by atoms with Crippen molar-refractivity contribution in [2.75, 3.05) is 11.6 Å². The Morgan fingerprint density at radius 3 is 2.62 bits per heavy atom. The van der Waals surface area contributed by atoms with Crippen LogP contribution in [-0.4, -0.2) is 84.4 Å². The molecule has 3 atom stereocenters. The highest BCUT2D eigenvalue weighted by Crippen LogP contribution is 2.35. The number of nitrogens with zero attached hydrogens (tertiary/aromatic N) is 4. The quantitative estimate of drug-likeness (QED) is 0.154. The fraction of sp³-hybridized carbons (Fsp3) is 0.500. The molecule has 1 aromatic heterocycles. The smallest absolute Gasteiger partial charge is 0.378 e. The molecule has 0 aromatic carbocycles. The molecule has 2 aliphatic heterocycles. The van der Waals surface area contributed by atoms with E-state index < -0.39 is 45.6 Å². The number of fused-ring (bicyclic) bond motifs is 1. The fourth-order valence-electron chi connectivity index (χ4n) is 3.01. The molecule has 0 saturated carbocycles. The summed E-state index contributed by atoms with van der Waals surface area (Å²) in [5, 5.41) is 5.71. The minimum Gasteiger partial charge on any atom is -0.539 e. The van der Waals surface area contributed by atoms with Crippen molar-refractivity contribution in [3.63, 3.8) is 0 Å². The first-order valence-corrected chi connectivity index (χ1v) is 12.4. The van der Waals surface area contributed by atoms with E-state index in [2.05, 4.69) is 24.5 Å². The first kappa shape index (κ1) is 26.0. The van der Waals surface area contributed by atoms with Crippen LogP contribution in [0.3, 0.4) is 0 Å². The second-order valence-corrected chi connectivity index (χ2v) is 10.6. The molecule has 1 aromatic rings. The third-order valence-corrected chi connectivity index (χ3v) is 7.72. The summed E-state index contributed by atoms with van der Waals surface area (Å²) in [7, 11) is 3.28. The maximum absolute atomic E-state index is 13.1. The topological polar surface area (TPSA) is 157 Å². The number of aryl methyl sites for hydroxylation is 1. The number of Topliss-reactive ketones (excluding diaryl/α,β-unsaturated/α-hetero) is 1. The molecule has 2 amide bonds. The van der Waals surface area contributed by atoms with E-state index in [4.69, 9.17) is 24.5 Å². The van der Waals surface area contributed by atoms with E-state index in [9.17, 15) is 23.4 Å². The molecular formula is C18H19BClN5O7S2. The van der Waals surface area contributed by atoms with Gasteiger partial charge in [0.2, 0.25) is 11.5 Å². The Bertz CT molecular complexity index is 1150. The van der Waals surface area contributed by atoms with Crippen molar-refractivity contribution in [1.29, 1.82) is 0 Å². The summed E-state index contributed by atoms with van der Waals surface area (Å²) >= 11 is 6.84. The van der Waals surface area contributed by atoms with Crippen molar-refractivity contribution < 1.29 is 32.9 Å². The lowest BCUT2D eigenvalue weighted by Gasteiger charge is -2.49. The molecule has 2 aliphatic rings. The highest BCUT2D eigenvalue weighted by Gasteiger charge is 2.57. The van der Waals surface area contributed by atoms with E-state index in [1.54, 1.807) is 6.92 Å². The number of aromatic nitrogens is 2. The van der Waals surface area contributed by atoms with Gasteiger partial charge in [0.25, 0.3) is 11.8 Å². The molecule has 180 valence electrons. The second kappa shape index (κ2) is 9.92. The fourth-order valence-corrected chi connectivity index (χ4v) is 5.50. The largest absolute Gasteiger partial charge is 0.539 e. The molecule has 1 fully saturated rings. The van der Waals surface area contributed by atoms with Gasteiger partial charge in [-0.3, -0.25) is 23.5 Å². The predicted molar refractivity (Wildman–Crippen MR) is 122 cm³/mol. The normalized spacial score (nSPS) is 22.6. The second-order valence-electron chi connectivity index (χ2n) is 7.80. The molecule has 3 rings (SSSR count). The molecule has 2 radical (unpaired) electrons. The van der Waals surface area contributed by atoms with Crippen LogP contribution in [0.15, 0.2) is 16.4 Å². The van der Waals surface area contributed by atoms with Crippen LogP contribution in [0.1, 0.15) is 31.6 Å². The molecule has 1 saturated heterocycles. The number of hydrogen-bond donors (Lipinski definition) is 1. The molecule has 12 nitrogen and oxygen atoms in total. The number of carbonyl (C=O) groups excluding carboxylic acids is 4. The van der Waals surface area contributed by atoms with E-state index in [1.807, 2.05) is 0 Å². The van der Waals surface area contributed by atoms with Gasteiger partial charge in [-0.25, -0.2) is 9.78 Å². The zero-order valence-electron chi connectivity index (χ0n) is 18.5. The van der Waals surface area contributed by atoms with Crippen LogP contribution in [0.4, 0.5) is 0 Å². The van der Waals surface area contributed by atoms with Crippen molar-refractivity contribution in [3.8, 4) is 0 Å². The third kappa shape index (κ3) is 4.77. The lowest BCUT2D eigenvalue weighted by molar-refractivity contribution is -0.149. The summed E-state index contributed by atoms with van der Waals surface area (Å²) in [6, 6.07) is -1.25. The number of halogens is 1. The van der Waals surface area contributed by atoms with Crippen LogP contribution < -0.4 is 5.32 Å². The minimum atomic E-state index is -1.69. The maximum Gasteiger partial charge on any atom is 0.378 e. The van der Waals surface area contributed by atoms with E-state index in [0.717, 1.165) is 16.4 Å². The summed E-state index contributed by atoms with van der Waals surface area (Å²) < 4.78 is 21.0. The highest BCUT2D eigenvalue weighted by atomic mass is 35.5. The van der Waals surface area contributed by atoms with E-state index in [-0.39, 0.29) is 40.2 Å². The van der Waals surface area contributed by atoms with Gasteiger partial charge >= 0.3 is 14.0 Å². The summed E-state index contributed by atoms with van der Waals surface area (Å²) in [5.74, 6) is -3.34. The average Bonchev–Trinajstić information content (AvgIpc) is 3.21. The van der Waals surface area contributed by atoms with Gasteiger partial charge < -0.3 is 14.8 Å². The maximum atomic E-state index is 13.1. The molecule has 1 N–H and O–H groups in total. The third-order valence-electron chi connectivity index (χ3n) is 5.12. The van der Waals surface area contributed by atoms with Gasteiger partial charge in [0, 0.05) is 5.88 Å². The van der Waals surface area contributed by atoms with Crippen molar-refractivity contribution in [2.24, 2.45) is 5.16 Å². The van der Waals surface area contributed by atoms with Gasteiger partial charge in [-0.1, -0.05) is 5.16 Å². The molecule has 16 heteroatoms. The van der Waals surface area contributed by atoms with Crippen LogP contribution >= 0.6 is 23.1 Å². The van der Waals surface area contributed by atoms with Crippen LogP contribution in [0.25, 0.3) is 0 Å². The molecule has 0 bridgehead atoms. The van der Waals surface area contributed by atoms with E-state index in [0.29, 0.717) is 5.01 Å². The lowest BCUT2D eigenvalue weighted by Crippen LogP contribution is -2.74. The average molecular weight is 528 g/mol. The number of rotatable bonds is 8. The van der Waals surface area contributed by atoms with Crippen LogP contribution in [0.5, 0.6) is 0 Å². The van der Waals surface area contributed by atoms with Crippen LogP contribution in [0.2, 0.25) is 0 Å². The number of carbonyl (C=O) groups is 4. The van der Waals surface area contributed by atoms with E-state index in [1.165, 1.54) is 20.8 Å². The zero-order valence-corrected chi connectivity index (χ0v) is 20.9.